The normalized spacial score (nSPS) is 12.3. The number of amides is 1. The molecule has 0 radical (unpaired) electrons. The third-order valence-electron chi connectivity index (χ3n) is 3.54. The van der Waals surface area contributed by atoms with Crippen molar-refractivity contribution in [3.05, 3.63) is 59.7 Å². The van der Waals surface area contributed by atoms with Crippen molar-refractivity contribution in [3.63, 3.8) is 0 Å². The number of halogens is 3. The van der Waals surface area contributed by atoms with Crippen LogP contribution < -0.4 is 14.8 Å². The first-order chi connectivity index (χ1) is 12.3. The van der Waals surface area contributed by atoms with Crippen LogP contribution in [0.2, 0.25) is 0 Å². The summed E-state index contributed by atoms with van der Waals surface area (Å²) in [6, 6.07) is 10.8. The number of nitrogens with one attached hydrogen (secondary N) is 1. The highest BCUT2D eigenvalue weighted by atomic mass is 19.4. The van der Waals surface area contributed by atoms with Crippen LogP contribution in [0, 0.1) is 0 Å². The molecule has 0 saturated heterocycles. The van der Waals surface area contributed by atoms with E-state index >= 15 is 0 Å². The molecule has 0 aliphatic heterocycles. The summed E-state index contributed by atoms with van der Waals surface area (Å²) in [4.78, 5) is 11.7. The molecule has 5 nitrogen and oxygen atoms in total. The smallest absolute Gasteiger partial charge is 0.416 e. The lowest BCUT2D eigenvalue weighted by Crippen LogP contribution is -2.32. The number of benzene rings is 2. The topological polar surface area (TPSA) is 67.8 Å². The van der Waals surface area contributed by atoms with Gasteiger partial charge in [0, 0.05) is 6.54 Å². The molecule has 0 aromatic heterocycles. The van der Waals surface area contributed by atoms with E-state index in [1.165, 1.54) is 19.2 Å². The highest BCUT2D eigenvalue weighted by molar-refractivity contribution is 5.77. The molecule has 0 spiro atoms. The van der Waals surface area contributed by atoms with E-state index in [0.29, 0.717) is 11.5 Å². The van der Waals surface area contributed by atoms with Gasteiger partial charge < -0.3 is 19.9 Å². The van der Waals surface area contributed by atoms with Gasteiger partial charge >= 0.3 is 6.18 Å². The number of carbonyl (C=O) groups is 1. The number of alkyl halides is 3. The van der Waals surface area contributed by atoms with Crippen molar-refractivity contribution in [2.24, 2.45) is 0 Å². The number of hydrogen-bond donors (Lipinski definition) is 2. The summed E-state index contributed by atoms with van der Waals surface area (Å²) in [5.41, 5.74) is -0.528. The van der Waals surface area contributed by atoms with E-state index in [0.717, 1.165) is 12.1 Å². The lowest BCUT2D eigenvalue weighted by Gasteiger charge is -2.14. The average molecular weight is 369 g/mol. The van der Waals surface area contributed by atoms with Crippen LogP contribution in [0.3, 0.4) is 0 Å². The molecular formula is C18H18F3NO4. The van der Waals surface area contributed by atoms with Gasteiger partial charge in [-0.2, -0.15) is 13.2 Å². The van der Waals surface area contributed by atoms with Crippen LogP contribution in [0.15, 0.2) is 48.5 Å². The minimum Gasteiger partial charge on any atom is -0.497 e. The fourth-order valence-corrected chi connectivity index (χ4v) is 2.09. The Kier molecular flexibility index (Phi) is 6.46. The molecule has 140 valence electrons. The van der Waals surface area contributed by atoms with Crippen LogP contribution in [0.5, 0.6) is 11.5 Å². The van der Waals surface area contributed by atoms with Gasteiger partial charge in [-0.3, -0.25) is 4.79 Å². The minimum absolute atomic E-state index is 0.143. The van der Waals surface area contributed by atoms with Crippen LogP contribution in [-0.4, -0.2) is 31.3 Å². The second-order valence-corrected chi connectivity index (χ2v) is 5.40. The second-order valence-electron chi connectivity index (χ2n) is 5.40. The second kappa shape index (κ2) is 8.57. The standard InChI is InChI=1S/C18H18F3NO4/c1-25-14-6-8-15(9-7-14)26-11-17(24)22-10-16(23)12-2-4-13(5-3-12)18(19,20)21/h2-9,16,23H,10-11H2,1H3,(H,22,24). The number of methoxy groups -OCH3 is 1. The molecule has 0 bridgehead atoms. The number of aliphatic hydroxyl groups excluding tert-OH is 1. The maximum atomic E-state index is 12.5. The van der Waals surface area contributed by atoms with E-state index < -0.39 is 23.8 Å². The Morgan fingerprint density at radius 3 is 2.19 bits per heavy atom. The summed E-state index contributed by atoms with van der Waals surface area (Å²) in [6.45, 7) is -0.401. The minimum atomic E-state index is -4.43. The van der Waals surface area contributed by atoms with E-state index in [4.69, 9.17) is 9.47 Å². The molecule has 0 heterocycles. The van der Waals surface area contributed by atoms with Gasteiger partial charge in [-0.1, -0.05) is 12.1 Å². The third kappa shape index (κ3) is 5.66. The average Bonchev–Trinajstić information content (AvgIpc) is 2.64. The Morgan fingerprint density at radius 1 is 1.08 bits per heavy atom. The van der Waals surface area contributed by atoms with Gasteiger partial charge in [-0.15, -0.1) is 0 Å². The Hall–Kier alpha value is -2.74. The Bertz CT molecular complexity index is 715. The zero-order chi connectivity index (χ0) is 19.2. The monoisotopic (exact) mass is 369 g/mol. The van der Waals surface area contributed by atoms with Gasteiger partial charge in [0.25, 0.3) is 5.91 Å². The number of hydrogen-bond acceptors (Lipinski definition) is 4. The molecule has 2 rings (SSSR count). The van der Waals surface area contributed by atoms with Crippen molar-refractivity contribution in [1.82, 2.24) is 5.32 Å². The molecular weight excluding hydrogens is 351 g/mol. The molecule has 8 heteroatoms. The van der Waals surface area contributed by atoms with Crippen molar-refractivity contribution < 1.29 is 32.5 Å². The fourth-order valence-electron chi connectivity index (χ4n) is 2.09. The summed E-state index contributed by atoms with van der Waals surface area (Å²) < 4.78 is 47.8. The van der Waals surface area contributed by atoms with Crippen molar-refractivity contribution in [2.75, 3.05) is 20.3 Å². The molecule has 1 atom stereocenters. The molecule has 0 aliphatic carbocycles. The van der Waals surface area contributed by atoms with Gasteiger partial charge in [0.1, 0.15) is 11.5 Å². The van der Waals surface area contributed by atoms with Crippen LogP contribution in [0.25, 0.3) is 0 Å². The number of carbonyl (C=O) groups excluding carboxylic acids is 1. The first kappa shape index (κ1) is 19.6. The van der Waals surface area contributed by atoms with E-state index in [2.05, 4.69) is 5.32 Å². The molecule has 0 saturated carbocycles. The van der Waals surface area contributed by atoms with E-state index in [1.807, 2.05) is 0 Å². The largest absolute Gasteiger partial charge is 0.497 e. The zero-order valence-corrected chi connectivity index (χ0v) is 13.9. The van der Waals surface area contributed by atoms with Crippen molar-refractivity contribution in [3.8, 4) is 11.5 Å². The highest BCUT2D eigenvalue weighted by Gasteiger charge is 2.30. The van der Waals surface area contributed by atoms with E-state index in [-0.39, 0.29) is 18.7 Å². The summed E-state index contributed by atoms with van der Waals surface area (Å²) in [7, 11) is 1.53. The number of ether oxygens (including phenoxy) is 2. The van der Waals surface area contributed by atoms with Crippen LogP contribution in [0.4, 0.5) is 13.2 Å². The van der Waals surface area contributed by atoms with Crippen LogP contribution >= 0.6 is 0 Å². The van der Waals surface area contributed by atoms with Gasteiger partial charge in [-0.05, 0) is 42.0 Å². The number of aliphatic hydroxyl groups is 1. The van der Waals surface area contributed by atoms with Crippen molar-refractivity contribution in [2.45, 2.75) is 12.3 Å². The van der Waals surface area contributed by atoms with Gasteiger partial charge in [0.15, 0.2) is 6.61 Å². The third-order valence-corrected chi connectivity index (χ3v) is 3.54. The predicted octanol–water partition coefficient (Wildman–Crippen LogP) is 2.94. The molecule has 0 fully saturated rings. The van der Waals surface area contributed by atoms with Gasteiger partial charge in [0.05, 0.1) is 18.8 Å². The molecule has 2 aromatic carbocycles. The van der Waals surface area contributed by atoms with Gasteiger partial charge in [-0.25, -0.2) is 0 Å². The first-order valence-electron chi connectivity index (χ1n) is 7.68. The van der Waals surface area contributed by atoms with Crippen molar-refractivity contribution >= 4 is 5.91 Å². The maximum absolute atomic E-state index is 12.5. The summed E-state index contributed by atoms with van der Waals surface area (Å²) >= 11 is 0. The Balaban J connectivity index is 1.78. The predicted molar refractivity (Wildman–Crippen MR) is 87.9 cm³/mol. The first-order valence-corrected chi connectivity index (χ1v) is 7.68. The summed E-state index contributed by atoms with van der Waals surface area (Å²) in [6.07, 6.45) is -5.56. The molecule has 1 unspecified atom stereocenters. The van der Waals surface area contributed by atoms with Crippen LogP contribution in [0.1, 0.15) is 17.2 Å². The Morgan fingerprint density at radius 2 is 1.65 bits per heavy atom. The highest BCUT2D eigenvalue weighted by Crippen LogP contribution is 2.29. The van der Waals surface area contributed by atoms with E-state index in [9.17, 15) is 23.1 Å². The summed E-state index contributed by atoms with van der Waals surface area (Å²) in [5.74, 6) is 0.664. The SMILES string of the molecule is COc1ccc(OCC(=O)NCC(O)c2ccc(C(F)(F)F)cc2)cc1. The molecule has 2 aromatic rings. The lowest BCUT2D eigenvalue weighted by atomic mass is 10.1. The fraction of sp³-hybridized carbons (Fsp3) is 0.278. The van der Waals surface area contributed by atoms with Crippen LogP contribution in [-0.2, 0) is 11.0 Å². The molecule has 26 heavy (non-hydrogen) atoms. The zero-order valence-electron chi connectivity index (χ0n) is 13.9. The number of rotatable bonds is 7. The quantitative estimate of drug-likeness (QED) is 0.788. The maximum Gasteiger partial charge on any atom is 0.416 e. The van der Waals surface area contributed by atoms with Crippen molar-refractivity contribution in [1.29, 1.82) is 0 Å². The molecule has 1 amide bonds. The Labute approximate surface area is 148 Å². The molecule has 0 aliphatic rings. The lowest BCUT2D eigenvalue weighted by molar-refractivity contribution is -0.137. The van der Waals surface area contributed by atoms with Gasteiger partial charge in [0.2, 0.25) is 0 Å². The van der Waals surface area contributed by atoms with E-state index in [1.54, 1.807) is 24.3 Å². The molecule has 2 N–H and O–H groups in total. The summed E-state index contributed by atoms with van der Waals surface area (Å²) in [5, 5.41) is 12.4.